The molecule has 3 nitrogen and oxygen atoms in total. The molecule has 1 fully saturated rings. The van der Waals surface area contributed by atoms with Crippen LogP contribution < -0.4 is 5.32 Å². The summed E-state index contributed by atoms with van der Waals surface area (Å²) in [6.07, 6.45) is 4.85. The van der Waals surface area contributed by atoms with Crippen molar-refractivity contribution in [2.75, 3.05) is 11.5 Å². The van der Waals surface area contributed by atoms with E-state index in [1.54, 1.807) is 12.4 Å². The van der Waals surface area contributed by atoms with Crippen molar-refractivity contribution in [3.63, 3.8) is 0 Å². The van der Waals surface area contributed by atoms with Crippen LogP contribution in [0.1, 0.15) is 12.2 Å². The molecule has 0 radical (unpaired) electrons. The smallest absolute Gasteiger partial charge is 0.141 e. The minimum Gasteiger partial charge on any atom is -0.306 e. The van der Waals surface area contributed by atoms with Gasteiger partial charge in [-0.05, 0) is 18.2 Å². The standard InChI is InChI=1S/C9H13N3S/c1-3-10-9(11-4-1)6-12-8-2-5-13-7-8/h1,3-4,8,12H,2,5-7H2. The largest absolute Gasteiger partial charge is 0.306 e. The molecule has 0 bridgehead atoms. The first-order valence-corrected chi connectivity index (χ1v) is 5.67. The van der Waals surface area contributed by atoms with Crippen LogP contribution in [0.25, 0.3) is 0 Å². The molecule has 4 heteroatoms. The summed E-state index contributed by atoms with van der Waals surface area (Å²) in [7, 11) is 0. The highest BCUT2D eigenvalue weighted by molar-refractivity contribution is 7.99. The van der Waals surface area contributed by atoms with E-state index in [4.69, 9.17) is 0 Å². The van der Waals surface area contributed by atoms with E-state index < -0.39 is 0 Å². The molecule has 1 N–H and O–H groups in total. The van der Waals surface area contributed by atoms with Crippen LogP contribution in [-0.2, 0) is 6.54 Å². The quantitative estimate of drug-likeness (QED) is 0.783. The molecule has 1 aromatic rings. The lowest BCUT2D eigenvalue weighted by atomic mass is 10.2. The Morgan fingerprint density at radius 1 is 1.46 bits per heavy atom. The van der Waals surface area contributed by atoms with Crippen molar-refractivity contribution in [1.82, 2.24) is 15.3 Å². The van der Waals surface area contributed by atoms with Gasteiger partial charge >= 0.3 is 0 Å². The number of nitrogens with zero attached hydrogens (tertiary/aromatic N) is 2. The molecule has 1 aliphatic heterocycles. The van der Waals surface area contributed by atoms with E-state index in [0.29, 0.717) is 6.04 Å². The summed E-state index contributed by atoms with van der Waals surface area (Å²) in [5.41, 5.74) is 0. The van der Waals surface area contributed by atoms with Gasteiger partial charge in [-0.15, -0.1) is 0 Å². The fraction of sp³-hybridized carbons (Fsp3) is 0.556. The van der Waals surface area contributed by atoms with Crippen LogP contribution in [0.4, 0.5) is 0 Å². The van der Waals surface area contributed by atoms with Crippen LogP contribution in [0.3, 0.4) is 0 Å². The molecule has 1 unspecified atom stereocenters. The summed E-state index contributed by atoms with van der Waals surface area (Å²) in [5, 5.41) is 3.45. The van der Waals surface area contributed by atoms with Gasteiger partial charge in [0, 0.05) is 24.2 Å². The van der Waals surface area contributed by atoms with Crippen molar-refractivity contribution in [2.45, 2.75) is 19.0 Å². The van der Waals surface area contributed by atoms with Crippen molar-refractivity contribution < 1.29 is 0 Å². The second-order valence-electron chi connectivity index (χ2n) is 3.11. The third kappa shape index (κ3) is 2.67. The number of hydrogen-bond acceptors (Lipinski definition) is 4. The Labute approximate surface area is 82.4 Å². The predicted molar refractivity (Wildman–Crippen MR) is 54.6 cm³/mol. The molecule has 2 rings (SSSR count). The van der Waals surface area contributed by atoms with Gasteiger partial charge < -0.3 is 5.32 Å². The predicted octanol–water partition coefficient (Wildman–Crippen LogP) is 1.07. The first kappa shape index (κ1) is 8.97. The third-order valence-corrected chi connectivity index (χ3v) is 3.26. The zero-order valence-corrected chi connectivity index (χ0v) is 8.26. The van der Waals surface area contributed by atoms with Crippen molar-refractivity contribution in [3.05, 3.63) is 24.3 Å². The molecule has 1 saturated heterocycles. The van der Waals surface area contributed by atoms with Gasteiger partial charge in [-0.3, -0.25) is 0 Å². The zero-order valence-electron chi connectivity index (χ0n) is 7.44. The van der Waals surface area contributed by atoms with Crippen LogP contribution in [0, 0.1) is 0 Å². The summed E-state index contributed by atoms with van der Waals surface area (Å²) >= 11 is 2.01. The highest BCUT2D eigenvalue weighted by atomic mass is 32.2. The fourth-order valence-electron chi connectivity index (χ4n) is 1.35. The van der Waals surface area contributed by atoms with Crippen LogP contribution in [0.15, 0.2) is 18.5 Å². The van der Waals surface area contributed by atoms with E-state index in [9.17, 15) is 0 Å². The molecule has 0 saturated carbocycles. The molecule has 1 aromatic heterocycles. The van der Waals surface area contributed by atoms with Crippen LogP contribution in [-0.4, -0.2) is 27.5 Å². The van der Waals surface area contributed by atoms with Crippen LogP contribution in [0.5, 0.6) is 0 Å². The topological polar surface area (TPSA) is 37.8 Å². The van der Waals surface area contributed by atoms with E-state index in [-0.39, 0.29) is 0 Å². The lowest BCUT2D eigenvalue weighted by Gasteiger charge is -2.09. The molecule has 1 atom stereocenters. The van der Waals surface area contributed by atoms with Crippen molar-refractivity contribution in [2.24, 2.45) is 0 Å². The third-order valence-electron chi connectivity index (χ3n) is 2.10. The van der Waals surface area contributed by atoms with E-state index in [2.05, 4.69) is 15.3 Å². The van der Waals surface area contributed by atoms with Gasteiger partial charge in [0.1, 0.15) is 5.82 Å². The van der Waals surface area contributed by atoms with Crippen molar-refractivity contribution in [3.8, 4) is 0 Å². The maximum absolute atomic E-state index is 4.16. The van der Waals surface area contributed by atoms with Gasteiger partial charge in [0.25, 0.3) is 0 Å². The highest BCUT2D eigenvalue weighted by Crippen LogP contribution is 2.16. The number of rotatable bonds is 3. The Hall–Kier alpha value is -0.610. The molecular formula is C9H13N3S. The molecule has 0 aromatic carbocycles. The summed E-state index contributed by atoms with van der Waals surface area (Å²) < 4.78 is 0. The minimum absolute atomic E-state index is 0.661. The molecule has 0 aliphatic carbocycles. The average molecular weight is 195 g/mol. The SMILES string of the molecule is c1cnc(CNC2CCSC2)nc1. The Balaban J connectivity index is 1.79. The molecule has 2 heterocycles. The van der Waals surface area contributed by atoms with E-state index in [1.165, 1.54) is 17.9 Å². The van der Waals surface area contributed by atoms with Crippen molar-refractivity contribution in [1.29, 1.82) is 0 Å². The Bertz CT molecular complexity index is 246. The van der Waals surface area contributed by atoms with Crippen LogP contribution in [0.2, 0.25) is 0 Å². The minimum atomic E-state index is 0.661. The molecule has 1 aliphatic rings. The average Bonchev–Trinajstić information content (AvgIpc) is 2.69. The monoisotopic (exact) mass is 195 g/mol. The Morgan fingerprint density at radius 3 is 3.00 bits per heavy atom. The first-order valence-electron chi connectivity index (χ1n) is 4.52. The number of thioether (sulfide) groups is 1. The lowest BCUT2D eigenvalue weighted by molar-refractivity contribution is 0.544. The maximum atomic E-state index is 4.16. The number of hydrogen-bond donors (Lipinski definition) is 1. The number of aromatic nitrogens is 2. The molecule has 70 valence electrons. The summed E-state index contributed by atoms with van der Waals surface area (Å²) in [6.45, 7) is 0.798. The highest BCUT2D eigenvalue weighted by Gasteiger charge is 2.14. The first-order chi connectivity index (χ1) is 6.45. The molecule has 13 heavy (non-hydrogen) atoms. The summed E-state index contributed by atoms with van der Waals surface area (Å²) in [5.74, 6) is 3.40. The van der Waals surface area contributed by atoms with Gasteiger partial charge in [0.2, 0.25) is 0 Å². The van der Waals surface area contributed by atoms with E-state index in [1.807, 2.05) is 17.8 Å². The summed E-state index contributed by atoms with van der Waals surface area (Å²) in [4.78, 5) is 8.32. The summed E-state index contributed by atoms with van der Waals surface area (Å²) in [6, 6.07) is 2.50. The Morgan fingerprint density at radius 2 is 2.31 bits per heavy atom. The van der Waals surface area contributed by atoms with Gasteiger partial charge in [-0.25, -0.2) is 9.97 Å². The Kier molecular flexibility index (Phi) is 3.16. The number of nitrogens with one attached hydrogen (secondary N) is 1. The zero-order chi connectivity index (χ0) is 8.93. The molecule has 0 spiro atoms. The molecule has 0 amide bonds. The second-order valence-corrected chi connectivity index (χ2v) is 4.26. The fourth-order valence-corrected chi connectivity index (χ4v) is 2.54. The van der Waals surface area contributed by atoms with Crippen molar-refractivity contribution >= 4 is 11.8 Å². The van der Waals surface area contributed by atoms with Crippen LogP contribution >= 0.6 is 11.8 Å². The van der Waals surface area contributed by atoms with Gasteiger partial charge in [-0.1, -0.05) is 0 Å². The van der Waals surface area contributed by atoms with E-state index in [0.717, 1.165) is 12.4 Å². The molecular weight excluding hydrogens is 182 g/mol. The lowest BCUT2D eigenvalue weighted by Crippen LogP contribution is -2.28. The van der Waals surface area contributed by atoms with Gasteiger partial charge in [0.05, 0.1) is 6.54 Å². The second kappa shape index (κ2) is 4.58. The van der Waals surface area contributed by atoms with Gasteiger partial charge in [0.15, 0.2) is 0 Å². The normalized spacial score (nSPS) is 22.0. The van der Waals surface area contributed by atoms with E-state index >= 15 is 0 Å². The van der Waals surface area contributed by atoms with Gasteiger partial charge in [-0.2, -0.15) is 11.8 Å². The maximum Gasteiger partial charge on any atom is 0.141 e.